The van der Waals surface area contributed by atoms with Crippen LogP contribution in [0.5, 0.6) is 0 Å². The van der Waals surface area contributed by atoms with Crippen LogP contribution < -0.4 is 0 Å². The number of benzene rings is 1. The third-order valence-corrected chi connectivity index (χ3v) is 3.12. The average molecular weight is 283 g/mol. The quantitative estimate of drug-likeness (QED) is 0.781. The maximum absolute atomic E-state index is 13.5. The SMILES string of the molecule is CSCCN(C)Cc1cc(F)cc(/C=C/C(=O)O)c1. The Morgan fingerprint density at radius 2 is 2.21 bits per heavy atom. The maximum atomic E-state index is 13.5. The monoisotopic (exact) mass is 283 g/mol. The molecule has 0 aliphatic carbocycles. The minimum atomic E-state index is -1.04. The van der Waals surface area contributed by atoms with E-state index in [2.05, 4.69) is 4.90 Å². The first-order valence-corrected chi connectivity index (χ1v) is 7.28. The van der Waals surface area contributed by atoms with Gasteiger partial charge in [0, 0.05) is 24.9 Å². The fourth-order valence-electron chi connectivity index (χ4n) is 1.67. The lowest BCUT2D eigenvalue weighted by molar-refractivity contribution is -0.131. The molecule has 1 aromatic rings. The predicted octanol–water partition coefficient (Wildman–Crippen LogP) is 2.72. The van der Waals surface area contributed by atoms with E-state index in [0.717, 1.165) is 23.9 Å². The number of thioether (sulfide) groups is 1. The molecule has 0 spiro atoms. The molecule has 0 aliphatic rings. The summed E-state index contributed by atoms with van der Waals surface area (Å²) < 4.78 is 13.5. The number of rotatable bonds is 7. The molecule has 0 saturated heterocycles. The molecule has 104 valence electrons. The highest BCUT2D eigenvalue weighted by Gasteiger charge is 2.03. The molecule has 0 amide bonds. The fourth-order valence-corrected chi connectivity index (χ4v) is 2.16. The fraction of sp³-hybridized carbons (Fsp3) is 0.357. The van der Waals surface area contributed by atoms with Crippen LogP contribution in [-0.4, -0.2) is 41.6 Å². The first-order valence-electron chi connectivity index (χ1n) is 5.89. The molecule has 3 nitrogen and oxygen atoms in total. The van der Waals surface area contributed by atoms with Gasteiger partial charge in [-0.15, -0.1) is 0 Å². The van der Waals surface area contributed by atoms with Gasteiger partial charge in [0.15, 0.2) is 0 Å². The molecule has 0 unspecified atom stereocenters. The summed E-state index contributed by atoms with van der Waals surface area (Å²) in [6.45, 7) is 1.57. The molecular weight excluding hydrogens is 265 g/mol. The second-order valence-corrected chi connectivity index (χ2v) is 5.28. The summed E-state index contributed by atoms with van der Waals surface area (Å²) in [5, 5.41) is 8.56. The first kappa shape index (κ1) is 15.7. The molecule has 0 aliphatic heterocycles. The number of aliphatic carboxylic acids is 1. The smallest absolute Gasteiger partial charge is 0.328 e. The maximum Gasteiger partial charge on any atom is 0.328 e. The third-order valence-electron chi connectivity index (χ3n) is 2.53. The molecule has 0 bridgehead atoms. The lowest BCUT2D eigenvalue weighted by Crippen LogP contribution is -2.20. The number of carboxylic acids is 1. The molecule has 0 heterocycles. The normalized spacial score (nSPS) is 11.4. The van der Waals surface area contributed by atoms with Crippen LogP contribution in [-0.2, 0) is 11.3 Å². The number of carboxylic acid groups (broad SMARTS) is 1. The van der Waals surface area contributed by atoms with E-state index in [0.29, 0.717) is 12.1 Å². The van der Waals surface area contributed by atoms with Gasteiger partial charge in [-0.3, -0.25) is 0 Å². The minimum absolute atomic E-state index is 0.346. The summed E-state index contributed by atoms with van der Waals surface area (Å²) in [4.78, 5) is 12.6. The summed E-state index contributed by atoms with van der Waals surface area (Å²) in [5.41, 5.74) is 1.41. The lowest BCUT2D eigenvalue weighted by Gasteiger charge is -2.16. The van der Waals surface area contributed by atoms with Gasteiger partial charge in [0.25, 0.3) is 0 Å². The third kappa shape index (κ3) is 6.40. The van der Waals surface area contributed by atoms with Gasteiger partial charge in [0.2, 0.25) is 0 Å². The number of carbonyl (C=O) groups is 1. The van der Waals surface area contributed by atoms with E-state index in [1.807, 2.05) is 13.3 Å². The van der Waals surface area contributed by atoms with Crippen molar-refractivity contribution >= 4 is 23.8 Å². The number of hydrogen-bond donors (Lipinski definition) is 1. The van der Waals surface area contributed by atoms with Crippen molar-refractivity contribution in [3.63, 3.8) is 0 Å². The molecule has 0 fully saturated rings. The molecule has 5 heteroatoms. The van der Waals surface area contributed by atoms with E-state index >= 15 is 0 Å². The Morgan fingerprint density at radius 1 is 1.47 bits per heavy atom. The Morgan fingerprint density at radius 3 is 2.84 bits per heavy atom. The molecule has 0 saturated carbocycles. The van der Waals surface area contributed by atoms with Crippen LogP contribution in [0.3, 0.4) is 0 Å². The van der Waals surface area contributed by atoms with E-state index < -0.39 is 5.97 Å². The number of hydrogen-bond acceptors (Lipinski definition) is 3. The molecule has 0 radical (unpaired) electrons. The first-order chi connectivity index (χ1) is 9.01. The Labute approximate surface area is 117 Å². The Bertz CT molecular complexity index is 463. The molecule has 1 aromatic carbocycles. The zero-order chi connectivity index (χ0) is 14.3. The van der Waals surface area contributed by atoms with E-state index in [1.54, 1.807) is 17.8 Å². The standard InChI is InChI=1S/C14H18FNO2S/c1-16(5-6-19-2)10-12-7-11(3-4-14(17)18)8-13(15)9-12/h3-4,7-9H,5-6,10H2,1-2H3,(H,17,18)/b4-3+. The van der Waals surface area contributed by atoms with E-state index in [9.17, 15) is 9.18 Å². The van der Waals surface area contributed by atoms with Crippen LogP contribution in [0.1, 0.15) is 11.1 Å². The van der Waals surface area contributed by atoms with Crippen LogP contribution in [0.25, 0.3) is 6.08 Å². The largest absolute Gasteiger partial charge is 0.478 e. The van der Waals surface area contributed by atoms with Crippen LogP contribution in [0.2, 0.25) is 0 Å². The van der Waals surface area contributed by atoms with Gasteiger partial charge in [-0.2, -0.15) is 11.8 Å². The molecule has 0 atom stereocenters. The van der Waals surface area contributed by atoms with Crippen molar-refractivity contribution in [3.8, 4) is 0 Å². The summed E-state index contributed by atoms with van der Waals surface area (Å²) in [6, 6.07) is 4.61. The average Bonchev–Trinajstić information content (AvgIpc) is 2.33. The summed E-state index contributed by atoms with van der Waals surface area (Å²) in [5.74, 6) is -0.360. The van der Waals surface area contributed by atoms with Crippen molar-refractivity contribution < 1.29 is 14.3 Å². The number of halogens is 1. The molecule has 1 N–H and O–H groups in total. The van der Waals surface area contributed by atoms with Crippen molar-refractivity contribution in [1.29, 1.82) is 0 Å². The van der Waals surface area contributed by atoms with E-state index in [1.165, 1.54) is 18.2 Å². The predicted molar refractivity (Wildman–Crippen MR) is 77.8 cm³/mol. The highest BCUT2D eigenvalue weighted by molar-refractivity contribution is 7.98. The molecule has 19 heavy (non-hydrogen) atoms. The van der Waals surface area contributed by atoms with Crippen LogP contribution >= 0.6 is 11.8 Å². The van der Waals surface area contributed by atoms with Crippen molar-refractivity contribution in [3.05, 3.63) is 41.2 Å². The zero-order valence-corrected chi connectivity index (χ0v) is 11.9. The van der Waals surface area contributed by atoms with Crippen molar-refractivity contribution in [1.82, 2.24) is 4.90 Å². The highest BCUT2D eigenvalue weighted by Crippen LogP contribution is 2.13. The van der Waals surface area contributed by atoms with E-state index in [-0.39, 0.29) is 5.82 Å². The summed E-state index contributed by atoms with van der Waals surface area (Å²) >= 11 is 1.77. The highest BCUT2D eigenvalue weighted by atomic mass is 32.2. The minimum Gasteiger partial charge on any atom is -0.478 e. The van der Waals surface area contributed by atoms with Gasteiger partial charge in [-0.25, -0.2) is 9.18 Å². The Balaban J connectivity index is 2.76. The lowest BCUT2D eigenvalue weighted by atomic mass is 10.1. The van der Waals surface area contributed by atoms with Gasteiger partial charge in [-0.05, 0) is 42.6 Å². The topological polar surface area (TPSA) is 40.5 Å². The van der Waals surface area contributed by atoms with Gasteiger partial charge < -0.3 is 10.0 Å². The van der Waals surface area contributed by atoms with Crippen molar-refractivity contribution in [2.24, 2.45) is 0 Å². The van der Waals surface area contributed by atoms with Crippen molar-refractivity contribution in [2.75, 3.05) is 25.6 Å². The van der Waals surface area contributed by atoms with Crippen LogP contribution in [0.4, 0.5) is 4.39 Å². The van der Waals surface area contributed by atoms with Gasteiger partial charge >= 0.3 is 5.97 Å². The van der Waals surface area contributed by atoms with E-state index in [4.69, 9.17) is 5.11 Å². The number of nitrogens with zero attached hydrogens (tertiary/aromatic N) is 1. The van der Waals surface area contributed by atoms with Crippen LogP contribution in [0.15, 0.2) is 24.3 Å². The van der Waals surface area contributed by atoms with Crippen LogP contribution in [0, 0.1) is 5.82 Å². The van der Waals surface area contributed by atoms with Crippen molar-refractivity contribution in [2.45, 2.75) is 6.54 Å². The molecular formula is C14H18FNO2S. The second-order valence-electron chi connectivity index (χ2n) is 4.29. The second kappa shape index (κ2) is 7.96. The Hall–Kier alpha value is -1.33. The summed E-state index contributed by atoms with van der Waals surface area (Å²) in [6.07, 6.45) is 4.46. The van der Waals surface area contributed by atoms with Gasteiger partial charge in [0.05, 0.1) is 0 Å². The zero-order valence-electron chi connectivity index (χ0n) is 11.1. The molecule has 0 aromatic heterocycles. The Kier molecular flexibility index (Phi) is 6.59. The van der Waals surface area contributed by atoms with Gasteiger partial charge in [0.1, 0.15) is 5.82 Å². The molecule has 1 rings (SSSR count). The summed E-state index contributed by atoms with van der Waals surface area (Å²) in [7, 11) is 1.98. The van der Waals surface area contributed by atoms with Gasteiger partial charge in [-0.1, -0.05) is 6.07 Å².